The molecule has 41 heavy (non-hydrogen) atoms. The van der Waals surface area contributed by atoms with Crippen molar-refractivity contribution in [1.29, 1.82) is 0 Å². The minimum Gasteiger partial charge on any atom is -0.391 e. The van der Waals surface area contributed by atoms with E-state index >= 15 is 0 Å². The van der Waals surface area contributed by atoms with Gasteiger partial charge in [-0.3, -0.25) is 0 Å². The van der Waals surface area contributed by atoms with Gasteiger partial charge in [0.05, 0.1) is 0 Å². The Bertz CT molecular complexity index is 1510. The monoisotopic (exact) mass is 590 g/mol. The van der Waals surface area contributed by atoms with Crippen LogP contribution >= 0.6 is 15.6 Å². The topological polar surface area (TPSA) is 89.5 Å². The van der Waals surface area contributed by atoms with E-state index in [0.717, 1.165) is 12.8 Å². The molecule has 3 aromatic rings. The van der Waals surface area contributed by atoms with Gasteiger partial charge in [-0.25, -0.2) is 0 Å². The van der Waals surface area contributed by atoms with Crippen molar-refractivity contribution in [2.75, 3.05) is 0 Å². The molecule has 210 valence electrons. The Labute approximate surface area is 239 Å². The van der Waals surface area contributed by atoms with Gasteiger partial charge in [0.25, 0.3) is 0 Å². The Kier molecular flexibility index (Phi) is 10.2. The number of phosphoric acid groups is 2. The van der Waals surface area contributed by atoms with Crippen molar-refractivity contribution in [2.45, 2.75) is 19.8 Å². The van der Waals surface area contributed by atoms with Crippen molar-refractivity contribution in [3.63, 3.8) is 0 Å². The molecule has 1 unspecified atom stereocenters. The van der Waals surface area contributed by atoms with Crippen molar-refractivity contribution >= 4 is 15.6 Å². The predicted molar refractivity (Wildman–Crippen MR) is 157 cm³/mol. The highest BCUT2D eigenvalue weighted by atomic mass is 31.2. The quantitative estimate of drug-likeness (QED) is 0.0843. The molecule has 0 amide bonds. The summed E-state index contributed by atoms with van der Waals surface area (Å²) in [6, 6.07) is 25.3. The molecule has 0 saturated carbocycles. The summed E-state index contributed by atoms with van der Waals surface area (Å²) in [5.41, 5.74) is 0. The normalized spacial score (nSPS) is 15.0. The number of terminal acetylenes is 1. The maximum Gasteiger partial charge on any atom is 0.647 e. The fraction of sp³-hybridized carbons (Fsp3) is 0.0968. The standard InChI is InChI=1S/C31H28O8P2/c1-3-27(35-41(33,38-30-20-12-6-13-21-30)39-31-22-14-7-15-23-31)25-24-26(2)34-40(32,36-28-16-8-4-9-17-28)37-29-18-10-5-11-19-29/h1,4,6-10,12-25H,5,11H2,2H3. The van der Waals surface area contributed by atoms with Crippen LogP contribution in [0.15, 0.2) is 139 Å². The van der Waals surface area contributed by atoms with Crippen LogP contribution in [0.3, 0.4) is 0 Å². The van der Waals surface area contributed by atoms with Gasteiger partial charge in [-0.05, 0) is 86.4 Å². The molecule has 0 saturated heterocycles. The maximum atomic E-state index is 13.7. The lowest BCUT2D eigenvalue weighted by Crippen LogP contribution is -2.05. The summed E-state index contributed by atoms with van der Waals surface area (Å²) in [5, 5.41) is 0. The molecule has 1 aliphatic rings. The number of para-hydroxylation sites is 3. The molecule has 0 heterocycles. The largest absolute Gasteiger partial charge is 0.647 e. The number of rotatable bonds is 13. The van der Waals surface area contributed by atoms with Crippen LogP contribution in [0.25, 0.3) is 0 Å². The molecule has 0 bridgehead atoms. The van der Waals surface area contributed by atoms with Crippen molar-refractivity contribution in [3.8, 4) is 29.6 Å². The van der Waals surface area contributed by atoms with E-state index in [4.69, 9.17) is 33.6 Å². The molecule has 0 aromatic heterocycles. The molecule has 4 rings (SSSR count). The Balaban J connectivity index is 1.55. The van der Waals surface area contributed by atoms with Crippen LogP contribution in [0.4, 0.5) is 0 Å². The fourth-order valence-electron chi connectivity index (χ4n) is 3.35. The van der Waals surface area contributed by atoms with Crippen molar-refractivity contribution in [1.82, 2.24) is 0 Å². The van der Waals surface area contributed by atoms with E-state index in [1.807, 2.05) is 6.08 Å². The molecule has 10 heteroatoms. The average Bonchev–Trinajstić information content (AvgIpc) is 2.97. The van der Waals surface area contributed by atoms with Crippen LogP contribution in [0, 0.1) is 12.3 Å². The Morgan fingerprint density at radius 2 is 1.20 bits per heavy atom. The summed E-state index contributed by atoms with van der Waals surface area (Å²) in [6.45, 7) is 1.53. The van der Waals surface area contributed by atoms with Gasteiger partial charge >= 0.3 is 15.6 Å². The maximum absolute atomic E-state index is 13.7. The number of phosphoric ester groups is 2. The van der Waals surface area contributed by atoms with Gasteiger partial charge in [-0.1, -0.05) is 60.7 Å². The Morgan fingerprint density at radius 1 is 0.707 bits per heavy atom. The molecule has 1 aliphatic carbocycles. The van der Waals surface area contributed by atoms with Gasteiger partial charge in [-0.2, -0.15) is 9.13 Å². The summed E-state index contributed by atoms with van der Waals surface area (Å²) < 4.78 is 61.1. The highest BCUT2D eigenvalue weighted by Crippen LogP contribution is 2.54. The number of hydrogen-bond acceptors (Lipinski definition) is 8. The fourth-order valence-corrected chi connectivity index (χ4v) is 5.88. The first kappa shape index (κ1) is 29.4. The Hall–Kier alpha value is -4.56. The Morgan fingerprint density at radius 3 is 1.63 bits per heavy atom. The molecule has 3 aromatic carbocycles. The van der Waals surface area contributed by atoms with E-state index in [9.17, 15) is 9.13 Å². The lowest BCUT2D eigenvalue weighted by molar-refractivity contribution is 0.227. The van der Waals surface area contributed by atoms with Gasteiger partial charge in [0.2, 0.25) is 0 Å². The summed E-state index contributed by atoms with van der Waals surface area (Å²) in [7, 11) is -8.49. The van der Waals surface area contributed by atoms with Crippen LogP contribution in [-0.2, 0) is 22.7 Å². The van der Waals surface area contributed by atoms with Gasteiger partial charge in [-0.15, -0.1) is 6.42 Å². The number of benzene rings is 3. The summed E-state index contributed by atoms with van der Waals surface area (Å²) in [5.74, 6) is 3.39. The van der Waals surface area contributed by atoms with Crippen LogP contribution in [0.1, 0.15) is 19.8 Å². The predicted octanol–water partition coefficient (Wildman–Crippen LogP) is 9.14. The van der Waals surface area contributed by atoms with Gasteiger partial charge in [0.1, 0.15) is 28.8 Å². The minimum absolute atomic E-state index is 0.115. The molecule has 0 fully saturated rings. The second kappa shape index (κ2) is 14.2. The van der Waals surface area contributed by atoms with Gasteiger partial charge in [0.15, 0.2) is 5.76 Å². The number of hydrogen-bond donors (Lipinski definition) is 0. The molecule has 1 atom stereocenters. The first-order valence-electron chi connectivity index (χ1n) is 12.6. The van der Waals surface area contributed by atoms with Crippen molar-refractivity contribution < 1.29 is 36.3 Å². The first-order valence-corrected chi connectivity index (χ1v) is 15.5. The smallest absolute Gasteiger partial charge is 0.391 e. The zero-order valence-corrected chi connectivity index (χ0v) is 24.0. The molecule has 0 N–H and O–H groups in total. The SMILES string of the molecule is C#CC(=CC=C(C)OP(=O)(OC1=CCCC=C1)Oc1ccccc1)OP(=O)(Oc1ccccc1)Oc1ccccc1. The van der Waals surface area contributed by atoms with Gasteiger partial charge < -0.3 is 27.1 Å². The summed E-state index contributed by atoms with van der Waals surface area (Å²) >= 11 is 0. The zero-order valence-electron chi connectivity index (χ0n) is 22.2. The van der Waals surface area contributed by atoms with Crippen LogP contribution in [0.5, 0.6) is 17.2 Å². The second-order valence-electron chi connectivity index (χ2n) is 8.42. The molecule has 8 nitrogen and oxygen atoms in total. The summed E-state index contributed by atoms with van der Waals surface area (Å²) in [6.07, 6.45) is 15.3. The van der Waals surface area contributed by atoms with E-state index in [0.29, 0.717) is 11.5 Å². The highest BCUT2D eigenvalue weighted by Gasteiger charge is 2.35. The van der Waals surface area contributed by atoms with Crippen LogP contribution in [0.2, 0.25) is 0 Å². The van der Waals surface area contributed by atoms with Crippen LogP contribution < -0.4 is 13.6 Å². The van der Waals surface area contributed by atoms with E-state index < -0.39 is 15.6 Å². The van der Waals surface area contributed by atoms with E-state index in [-0.39, 0.29) is 23.0 Å². The van der Waals surface area contributed by atoms with Crippen molar-refractivity contribution in [2.24, 2.45) is 0 Å². The molecule has 0 aliphatic heterocycles. The first-order chi connectivity index (χ1) is 19.8. The third-order valence-corrected chi connectivity index (χ3v) is 7.81. The lowest BCUT2D eigenvalue weighted by atomic mass is 10.2. The van der Waals surface area contributed by atoms with Gasteiger partial charge in [0, 0.05) is 0 Å². The van der Waals surface area contributed by atoms with E-state index in [1.54, 1.807) is 103 Å². The van der Waals surface area contributed by atoms with Crippen LogP contribution in [-0.4, -0.2) is 0 Å². The third-order valence-electron chi connectivity index (χ3n) is 5.14. The zero-order chi connectivity index (χ0) is 29.0. The molecular weight excluding hydrogens is 562 g/mol. The molecular formula is C31H28O8P2. The third kappa shape index (κ3) is 9.54. The van der Waals surface area contributed by atoms with E-state index in [1.165, 1.54) is 19.1 Å². The average molecular weight is 591 g/mol. The lowest BCUT2D eigenvalue weighted by Gasteiger charge is -2.21. The molecule has 0 radical (unpaired) electrons. The van der Waals surface area contributed by atoms with Crippen molar-refractivity contribution in [3.05, 3.63) is 139 Å². The minimum atomic E-state index is -4.31. The summed E-state index contributed by atoms with van der Waals surface area (Å²) in [4.78, 5) is 0. The van der Waals surface area contributed by atoms with E-state index in [2.05, 4.69) is 5.92 Å². The number of allylic oxidation sites excluding steroid dienone is 7. The highest BCUT2D eigenvalue weighted by molar-refractivity contribution is 7.49. The second-order valence-corrected chi connectivity index (χ2v) is 11.3. The molecule has 0 spiro atoms.